The van der Waals surface area contributed by atoms with Gasteiger partial charge in [0.1, 0.15) is 5.82 Å². The Hall–Kier alpha value is -1.32. The SMILES string of the molecule is O=S(=O)([N-]c1ccc(F)c(F)c1F)N1CC[NH2+]CC1. The van der Waals surface area contributed by atoms with Crippen molar-refractivity contribution in [1.29, 1.82) is 0 Å². The zero-order chi connectivity index (χ0) is 14.0. The molecule has 1 fully saturated rings. The molecule has 0 bridgehead atoms. The average molecular weight is 295 g/mol. The molecule has 106 valence electrons. The molecule has 1 aromatic carbocycles. The number of nitrogens with two attached hydrogens (primary N) is 1. The molecule has 1 heterocycles. The number of nitrogens with zero attached hydrogens (tertiary/aromatic N) is 2. The van der Waals surface area contributed by atoms with Gasteiger partial charge in [-0.3, -0.25) is 0 Å². The monoisotopic (exact) mass is 295 g/mol. The van der Waals surface area contributed by atoms with E-state index in [0.717, 1.165) is 10.4 Å². The van der Waals surface area contributed by atoms with Crippen molar-refractivity contribution in [1.82, 2.24) is 4.31 Å². The summed E-state index contributed by atoms with van der Waals surface area (Å²) in [7, 11) is -4.08. The maximum absolute atomic E-state index is 13.4. The van der Waals surface area contributed by atoms with E-state index >= 15 is 0 Å². The van der Waals surface area contributed by atoms with Crippen LogP contribution in [0.15, 0.2) is 12.1 Å². The molecule has 1 aliphatic rings. The van der Waals surface area contributed by atoms with E-state index in [-0.39, 0.29) is 13.1 Å². The molecule has 0 saturated carbocycles. The summed E-state index contributed by atoms with van der Waals surface area (Å²) >= 11 is 0. The van der Waals surface area contributed by atoms with Crippen molar-refractivity contribution in [3.8, 4) is 0 Å². The normalized spacial score (nSPS) is 17.4. The molecule has 0 unspecified atom stereocenters. The largest absolute Gasteiger partial charge is 0.561 e. The van der Waals surface area contributed by atoms with Crippen LogP contribution in [-0.4, -0.2) is 38.9 Å². The predicted octanol–water partition coefficient (Wildman–Crippen LogP) is 0.233. The van der Waals surface area contributed by atoms with Crippen molar-refractivity contribution >= 4 is 15.9 Å². The van der Waals surface area contributed by atoms with E-state index < -0.39 is 33.3 Å². The van der Waals surface area contributed by atoms with E-state index in [1.165, 1.54) is 0 Å². The number of rotatable bonds is 3. The molecular formula is C10H12F3N3O2S. The second-order valence-corrected chi connectivity index (χ2v) is 5.62. The second-order valence-electron chi connectivity index (χ2n) is 4.03. The summed E-state index contributed by atoms with van der Waals surface area (Å²) in [5.74, 6) is -4.73. The molecule has 0 atom stereocenters. The third-order valence-corrected chi connectivity index (χ3v) is 4.17. The van der Waals surface area contributed by atoms with Crippen molar-refractivity contribution in [2.45, 2.75) is 0 Å². The summed E-state index contributed by atoms with van der Waals surface area (Å²) in [4.78, 5) is 0. The summed E-state index contributed by atoms with van der Waals surface area (Å²) in [5.41, 5.74) is -0.728. The van der Waals surface area contributed by atoms with Crippen LogP contribution in [-0.2, 0) is 10.2 Å². The van der Waals surface area contributed by atoms with Gasteiger partial charge in [-0.1, -0.05) is 11.8 Å². The number of hydrogen-bond acceptors (Lipinski definition) is 2. The highest BCUT2D eigenvalue weighted by atomic mass is 32.2. The molecule has 1 aliphatic heterocycles. The summed E-state index contributed by atoms with van der Waals surface area (Å²) in [5, 5.41) is 1.93. The van der Waals surface area contributed by atoms with E-state index in [1.807, 2.05) is 5.32 Å². The lowest BCUT2D eigenvalue weighted by molar-refractivity contribution is -0.661. The Morgan fingerprint density at radius 2 is 1.74 bits per heavy atom. The van der Waals surface area contributed by atoms with Gasteiger partial charge in [0, 0.05) is 0 Å². The highest BCUT2D eigenvalue weighted by Crippen LogP contribution is 2.30. The molecule has 0 aliphatic carbocycles. The van der Waals surface area contributed by atoms with Crippen LogP contribution in [0, 0.1) is 17.5 Å². The van der Waals surface area contributed by atoms with Crippen LogP contribution in [0.5, 0.6) is 0 Å². The van der Waals surface area contributed by atoms with Crippen molar-refractivity contribution in [2.75, 3.05) is 26.2 Å². The van der Waals surface area contributed by atoms with Gasteiger partial charge >= 0.3 is 0 Å². The van der Waals surface area contributed by atoms with Crippen LogP contribution < -0.4 is 5.32 Å². The smallest absolute Gasteiger partial charge is 0.193 e. The third kappa shape index (κ3) is 2.99. The van der Waals surface area contributed by atoms with Crippen LogP contribution in [0.25, 0.3) is 4.72 Å². The minimum Gasteiger partial charge on any atom is -0.561 e. The Balaban J connectivity index is 2.23. The molecule has 9 heteroatoms. The fourth-order valence-corrected chi connectivity index (χ4v) is 2.90. The number of quaternary nitrogens is 1. The van der Waals surface area contributed by atoms with E-state index in [9.17, 15) is 21.6 Å². The predicted molar refractivity (Wildman–Crippen MR) is 61.5 cm³/mol. The van der Waals surface area contributed by atoms with Gasteiger partial charge in [0.2, 0.25) is 0 Å². The van der Waals surface area contributed by atoms with Gasteiger partial charge in [-0.25, -0.2) is 25.9 Å². The summed E-state index contributed by atoms with van der Waals surface area (Å²) in [6.07, 6.45) is 0. The zero-order valence-electron chi connectivity index (χ0n) is 9.81. The molecular weight excluding hydrogens is 283 g/mol. The molecule has 1 saturated heterocycles. The first kappa shape index (κ1) is 14.1. The van der Waals surface area contributed by atoms with Crippen molar-refractivity contribution < 1.29 is 26.9 Å². The maximum atomic E-state index is 13.4. The van der Waals surface area contributed by atoms with Gasteiger partial charge in [0.25, 0.3) is 0 Å². The molecule has 0 amide bonds. The maximum Gasteiger partial charge on any atom is 0.193 e. The van der Waals surface area contributed by atoms with Crippen LogP contribution in [0.4, 0.5) is 18.9 Å². The molecule has 1 aromatic rings. The highest BCUT2D eigenvalue weighted by molar-refractivity contribution is 7.92. The van der Waals surface area contributed by atoms with Gasteiger partial charge in [0.05, 0.1) is 26.2 Å². The van der Waals surface area contributed by atoms with Crippen molar-refractivity contribution in [3.05, 3.63) is 34.3 Å². The minimum atomic E-state index is -4.08. The lowest BCUT2D eigenvalue weighted by Gasteiger charge is -2.32. The first-order valence-electron chi connectivity index (χ1n) is 5.60. The Labute approximate surface area is 108 Å². The molecule has 0 aromatic heterocycles. The molecule has 2 rings (SSSR count). The first-order valence-corrected chi connectivity index (χ1v) is 7.00. The molecule has 5 nitrogen and oxygen atoms in total. The van der Waals surface area contributed by atoms with E-state index in [1.54, 1.807) is 0 Å². The Kier molecular flexibility index (Phi) is 3.97. The lowest BCUT2D eigenvalue weighted by atomic mass is 10.3. The van der Waals surface area contributed by atoms with Gasteiger partial charge in [-0.05, 0) is 6.07 Å². The Bertz CT molecular complexity index is 574. The molecule has 0 spiro atoms. The molecule has 2 N–H and O–H groups in total. The van der Waals surface area contributed by atoms with Crippen LogP contribution >= 0.6 is 0 Å². The first-order chi connectivity index (χ1) is 8.92. The topological polar surface area (TPSA) is 68.1 Å². The number of piperazine rings is 1. The van der Waals surface area contributed by atoms with Crippen molar-refractivity contribution in [3.63, 3.8) is 0 Å². The van der Waals surface area contributed by atoms with Crippen LogP contribution in [0.2, 0.25) is 0 Å². The zero-order valence-corrected chi connectivity index (χ0v) is 10.6. The average Bonchev–Trinajstić information content (AvgIpc) is 2.40. The molecule has 19 heavy (non-hydrogen) atoms. The summed E-state index contributed by atoms with van der Waals surface area (Å²) < 4.78 is 67.1. The Morgan fingerprint density at radius 1 is 1.11 bits per heavy atom. The van der Waals surface area contributed by atoms with E-state index in [4.69, 9.17) is 0 Å². The highest BCUT2D eigenvalue weighted by Gasteiger charge is 2.20. The standard InChI is InChI=1S/C10H11F3N3O2S/c11-7-1-2-8(10(13)9(7)12)15-19(17,18)16-5-3-14-4-6-16/h1-2,14H,3-6H2/q-1/p+1. The van der Waals surface area contributed by atoms with Gasteiger partial charge in [0.15, 0.2) is 21.8 Å². The van der Waals surface area contributed by atoms with Gasteiger partial charge in [-0.2, -0.15) is 0 Å². The quantitative estimate of drug-likeness (QED) is 0.811. The Morgan fingerprint density at radius 3 is 2.37 bits per heavy atom. The van der Waals surface area contributed by atoms with E-state index in [2.05, 4.69) is 4.72 Å². The van der Waals surface area contributed by atoms with Gasteiger partial charge < -0.3 is 10.0 Å². The van der Waals surface area contributed by atoms with Crippen LogP contribution in [0.3, 0.4) is 0 Å². The minimum absolute atomic E-state index is 0.247. The van der Waals surface area contributed by atoms with Crippen LogP contribution in [0.1, 0.15) is 0 Å². The summed E-state index contributed by atoms with van der Waals surface area (Å²) in [6, 6.07) is 1.43. The van der Waals surface area contributed by atoms with E-state index in [0.29, 0.717) is 19.2 Å². The second kappa shape index (κ2) is 5.35. The van der Waals surface area contributed by atoms with Gasteiger partial charge in [-0.15, -0.1) is 0 Å². The van der Waals surface area contributed by atoms with Crippen molar-refractivity contribution in [2.24, 2.45) is 0 Å². The lowest BCUT2D eigenvalue weighted by Crippen LogP contribution is -2.89. The molecule has 0 radical (unpaired) electrons. The summed E-state index contributed by atoms with van der Waals surface area (Å²) in [6.45, 7) is 1.65. The fourth-order valence-electron chi connectivity index (χ4n) is 1.73. The number of halogens is 3. The third-order valence-electron chi connectivity index (χ3n) is 2.72. The fraction of sp³-hybridized carbons (Fsp3) is 0.400. The number of benzene rings is 1. The number of hydrogen-bond donors (Lipinski definition) is 1.